The summed E-state index contributed by atoms with van der Waals surface area (Å²) in [6.45, 7) is 22.7. The van der Waals surface area contributed by atoms with E-state index in [4.69, 9.17) is 55.0 Å². The molecule has 0 saturated carbocycles. The predicted octanol–water partition coefficient (Wildman–Crippen LogP) is 5.74. The summed E-state index contributed by atoms with van der Waals surface area (Å²) in [5.74, 6) is -0.503. The number of hydrogen-bond acceptors (Lipinski definition) is 14. The van der Waals surface area contributed by atoms with E-state index in [1.807, 2.05) is 62.3 Å². The molecule has 3 atom stereocenters. The van der Waals surface area contributed by atoms with Gasteiger partial charge in [-0.25, -0.2) is 0 Å². The molecule has 0 fully saturated rings. The molecule has 0 radical (unpaired) electrons. The molecular weight excluding hydrogens is 701 g/mol. The quantitative estimate of drug-likeness (QED) is 0.0430. The Balaban J connectivity index is 3.93. The lowest BCUT2D eigenvalue weighted by Crippen LogP contribution is -2.45. The average molecular weight is 773 g/mol. The van der Waals surface area contributed by atoms with E-state index < -0.39 is 17.6 Å². The third-order valence-electron chi connectivity index (χ3n) is 7.23. The zero-order chi connectivity index (χ0) is 38.2. The van der Waals surface area contributed by atoms with E-state index in [0.29, 0.717) is 110 Å². The summed E-state index contributed by atoms with van der Waals surface area (Å²) < 4.78 is 68.7. The van der Waals surface area contributed by atoms with E-state index in [1.165, 1.54) is 0 Å². The molecule has 0 aromatic carbocycles. The number of carbonyl (C=O) groups is 2. The van der Waals surface area contributed by atoms with Gasteiger partial charge < -0.3 is 55.0 Å². The summed E-state index contributed by atoms with van der Waals surface area (Å²) in [5.41, 5.74) is 0. The van der Waals surface area contributed by atoms with E-state index >= 15 is 0 Å². The molecule has 16 heteroatoms. The van der Waals surface area contributed by atoms with Gasteiger partial charge in [0.25, 0.3) is 0 Å². The summed E-state index contributed by atoms with van der Waals surface area (Å²) in [7, 11) is -5.36. The fraction of sp³-hybridized carbons (Fsp3) is 0.943. The molecule has 0 rings (SSSR count). The zero-order valence-electron chi connectivity index (χ0n) is 33.3. The van der Waals surface area contributed by atoms with Crippen LogP contribution in [0.3, 0.4) is 0 Å². The summed E-state index contributed by atoms with van der Waals surface area (Å²) >= 11 is 0. The molecule has 0 heterocycles. The van der Waals surface area contributed by atoms with Crippen LogP contribution in [0.15, 0.2) is 0 Å². The van der Waals surface area contributed by atoms with Gasteiger partial charge in [0.1, 0.15) is 13.2 Å². The van der Waals surface area contributed by atoms with Crippen LogP contribution in [0.5, 0.6) is 0 Å². The molecule has 0 aromatic heterocycles. The fourth-order valence-electron chi connectivity index (χ4n) is 5.02. The van der Waals surface area contributed by atoms with E-state index in [1.54, 1.807) is 0 Å². The minimum absolute atomic E-state index is 0.138. The molecule has 3 unspecified atom stereocenters. The second kappa shape index (κ2) is 32.4. The minimum atomic E-state index is -2.68. The molecule has 0 spiro atoms. The largest absolute Gasteiger partial charge is 0.500 e. The number of hydrogen-bond donors (Lipinski definition) is 0. The Hall–Kier alpha value is -1.03. The minimum Gasteiger partial charge on any atom is -0.463 e. The molecule has 0 aliphatic carbocycles. The molecule has 0 bridgehead atoms. The molecule has 304 valence electrons. The lowest BCUT2D eigenvalue weighted by molar-refractivity contribution is -0.147. The van der Waals surface area contributed by atoms with Gasteiger partial charge in [-0.05, 0) is 88.0 Å². The number of carbonyl (C=O) groups excluding carboxylic acids is 2. The van der Waals surface area contributed by atoms with Crippen molar-refractivity contribution in [2.75, 3.05) is 85.9 Å². The van der Waals surface area contributed by atoms with Crippen molar-refractivity contribution >= 4 is 29.5 Å². The van der Waals surface area contributed by atoms with E-state index in [2.05, 4.69) is 0 Å². The van der Waals surface area contributed by atoms with Crippen LogP contribution in [0.2, 0.25) is 12.1 Å². The first-order valence-electron chi connectivity index (χ1n) is 19.1. The van der Waals surface area contributed by atoms with Crippen molar-refractivity contribution < 1.29 is 64.6 Å². The summed E-state index contributed by atoms with van der Waals surface area (Å²) in [4.78, 5) is 24.3. The normalized spacial score (nSPS) is 14.0. The Labute approximate surface area is 310 Å². The first-order valence-corrected chi connectivity index (χ1v) is 23.0. The maximum Gasteiger partial charge on any atom is 0.500 e. The van der Waals surface area contributed by atoms with Crippen molar-refractivity contribution in [3.05, 3.63) is 0 Å². The van der Waals surface area contributed by atoms with Crippen molar-refractivity contribution in [2.45, 2.75) is 131 Å². The second-order valence-electron chi connectivity index (χ2n) is 11.9. The molecule has 0 aliphatic rings. The summed E-state index contributed by atoms with van der Waals surface area (Å²) in [5, 5.41) is 0. The highest BCUT2D eigenvalue weighted by molar-refractivity contribution is 6.61. The van der Waals surface area contributed by atoms with Gasteiger partial charge in [0.2, 0.25) is 0 Å². The Bertz CT molecular complexity index is 806. The topological polar surface area (TPSA) is 145 Å². The van der Waals surface area contributed by atoms with Crippen LogP contribution in [0.4, 0.5) is 0 Å². The third kappa shape index (κ3) is 26.4. The maximum atomic E-state index is 12.1. The van der Waals surface area contributed by atoms with Gasteiger partial charge in [-0.3, -0.25) is 9.59 Å². The van der Waals surface area contributed by atoms with Gasteiger partial charge in [0.05, 0.1) is 51.3 Å². The SMILES string of the molecule is CCO[Si](CCCCC(=O)OCCOC(C)COCC(C)OCC(C)OCCOC(=O)CCCC[Si](OCC)(OCC)OCC)(OCC)OCC. The van der Waals surface area contributed by atoms with Crippen LogP contribution in [0.1, 0.15) is 101 Å². The number of esters is 2. The van der Waals surface area contributed by atoms with Crippen molar-refractivity contribution in [3.63, 3.8) is 0 Å². The highest BCUT2D eigenvalue weighted by Crippen LogP contribution is 2.21. The highest BCUT2D eigenvalue weighted by atomic mass is 28.4. The molecular formula is C35H72O14Si2. The second-order valence-corrected chi connectivity index (χ2v) is 17.3. The fourth-order valence-corrected chi connectivity index (χ4v) is 10.4. The Morgan fingerprint density at radius 1 is 0.451 bits per heavy atom. The Morgan fingerprint density at radius 3 is 1.14 bits per heavy atom. The van der Waals surface area contributed by atoms with Crippen LogP contribution in [-0.2, 0) is 64.6 Å². The molecule has 0 amide bonds. The van der Waals surface area contributed by atoms with Gasteiger partial charge in [-0.15, -0.1) is 0 Å². The maximum absolute atomic E-state index is 12.1. The van der Waals surface area contributed by atoms with Crippen molar-refractivity contribution in [1.29, 1.82) is 0 Å². The van der Waals surface area contributed by atoms with Gasteiger partial charge in [-0.2, -0.15) is 0 Å². The standard InChI is InChI=1S/C35H72O14Si2/c1-10-44-50(45-11-2,46-12-3)26-18-16-20-34(36)41-24-22-39-31(7)28-38-29-32(8)43-30-33(9)40-23-25-42-35(37)21-17-19-27-51(47-13-4,48-14-5)49-15-6/h31-33H,10-30H2,1-9H3. The smallest absolute Gasteiger partial charge is 0.463 e. The summed E-state index contributed by atoms with van der Waals surface area (Å²) in [6, 6.07) is 1.36. The zero-order valence-corrected chi connectivity index (χ0v) is 35.3. The van der Waals surface area contributed by atoms with Gasteiger partial charge >= 0.3 is 29.5 Å². The monoisotopic (exact) mass is 772 g/mol. The first kappa shape index (κ1) is 50.0. The average Bonchev–Trinajstić information content (AvgIpc) is 3.09. The van der Waals surface area contributed by atoms with Gasteiger partial charge in [0, 0.05) is 64.6 Å². The Morgan fingerprint density at radius 2 is 0.784 bits per heavy atom. The van der Waals surface area contributed by atoms with Crippen LogP contribution in [-0.4, -0.2) is 134 Å². The van der Waals surface area contributed by atoms with Crippen LogP contribution < -0.4 is 0 Å². The van der Waals surface area contributed by atoms with Crippen LogP contribution in [0, 0.1) is 0 Å². The number of ether oxygens (including phenoxy) is 6. The molecule has 0 aliphatic heterocycles. The first-order chi connectivity index (χ1) is 24.5. The van der Waals surface area contributed by atoms with E-state index in [9.17, 15) is 9.59 Å². The van der Waals surface area contributed by atoms with Crippen LogP contribution >= 0.6 is 0 Å². The number of rotatable bonds is 37. The van der Waals surface area contributed by atoms with Gasteiger partial charge in [-0.1, -0.05) is 0 Å². The van der Waals surface area contributed by atoms with Gasteiger partial charge in [0.15, 0.2) is 0 Å². The summed E-state index contributed by atoms with van der Waals surface area (Å²) in [6.07, 6.45) is 3.07. The van der Waals surface area contributed by atoms with Crippen molar-refractivity contribution in [2.24, 2.45) is 0 Å². The predicted molar refractivity (Wildman–Crippen MR) is 198 cm³/mol. The molecule has 14 nitrogen and oxygen atoms in total. The highest BCUT2D eigenvalue weighted by Gasteiger charge is 2.40. The lowest BCUT2D eigenvalue weighted by atomic mass is 10.2. The molecule has 51 heavy (non-hydrogen) atoms. The molecule has 0 aromatic rings. The molecule has 0 saturated heterocycles. The van der Waals surface area contributed by atoms with E-state index in [0.717, 1.165) is 12.8 Å². The molecule has 0 N–H and O–H groups in total. The number of unbranched alkanes of at least 4 members (excludes halogenated alkanes) is 2. The van der Waals surface area contributed by atoms with E-state index in [-0.39, 0.29) is 43.5 Å². The van der Waals surface area contributed by atoms with Crippen LogP contribution in [0.25, 0.3) is 0 Å². The third-order valence-corrected chi connectivity index (χ3v) is 13.5. The van der Waals surface area contributed by atoms with Crippen molar-refractivity contribution in [3.8, 4) is 0 Å². The van der Waals surface area contributed by atoms with Crippen molar-refractivity contribution in [1.82, 2.24) is 0 Å². The lowest BCUT2D eigenvalue weighted by Gasteiger charge is -2.28. The Kier molecular flexibility index (Phi) is 31.8.